The molecule has 3 heteroatoms. The molecule has 16 heavy (non-hydrogen) atoms. The zero-order valence-corrected chi connectivity index (χ0v) is 9.66. The van der Waals surface area contributed by atoms with Gasteiger partial charge in [0.25, 0.3) is 0 Å². The van der Waals surface area contributed by atoms with E-state index in [2.05, 4.69) is 5.32 Å². The van der Waals surface area contributed by atoms with Crippen LogP contribution in [0.15, 0.2) is 42.6 Å². The number of hydrogen-bond donors (Lipinski definition) is 1. The molecule has 0 aliphatic carbocycles. The standard InChI is InChI=1S/C13H12ClNO/c1-9(16)10-3-2-4-11(7-10)12-5-6-15-13(14)8-12/h2-8,13,15H,1H3. The van der Waals surface area contributed by atoms with E-state index in [1.807, 2.05) is 42.6 Å². The normalized spacial score (nSPS) is 18.9. The molecule has 1 aliphatic heterocycles. The maximum Gasteiger partial charge on any atom is 0.159 e. The Bertz CT molecular complexity index is 477. The van der Waals surface area contributed by atoms with Gasteiger partial charge < -0.3 is 5.32 Å². The van der Waals surface area contributed by atoms with Gasteiger partial charge in [-0.25, -0.2) is 0 Å². The molecule has 2 nitrogen and oxygen atoms in total. The fourth-order valence-corrected chi connectivity index (χ4v) is 1.81. The fourth-order valence-electron chi connectivity index (χ4n) is 1.60. The molecule has 1 atom stereocenters. The van der Waals surface area contributed by atoms with Crippen molar-refractivity contribution in [3.8, 4) is 0 Å². The topological polar surface area (TPSA) is 29.1 Å². The first-order valence-electron chi connectivity index (χ1n) is 5.07. The summed E-state index contributed by atoms with van der Waals surface area (Å²) in [6.45, 7) is 1.57. The summed E-state index contributed by atoms with van der Waals surface area (Å²) in [5.74, 6) is 0.0720. The Morgan fingerprint density at radius 1 is 1.44 bits per heavy atom. The van der Waals surface area contributed by atoms with Crippen molar-refractivity contribution in [2.24, 2.45) is 0 Å². The smallest absolute Gasteiger partial charge is 0.159 e. The zero-order chi connectivity index (χ0) is 11.5. The minimum Gasteiger partial charge on any atom is -0.372 e. The van der Waals surface area contributed by atoms with Gasteiger partial charge in [-0.3, -0.25) is 4.79 Å². The maximum atomic E-state index is 11.3. The van der Waals surface area contributed by atoms with Gasteiger partial charge in [0.05, 0.1) is 0 Å². The van der Waals surface area contributed by atoms with E-state index in [1.54, 1.807) is 6.92 Å². The number of allylic oxidation sites excluding steroid dienone is 2. The van der Waals surface area contributed by atoms with Crippen LogP contribution < -0.4 is 5.32 Å². The van der Waals surface area contributed by atoms with Crippen LogP contribution in [-0.4, -0.2) is 11.3 Å². The van der Waals surface area contributed by atoms with Gasteiger partial charge in [0.1, 0.15) is 5.50 Å². The van der Waals surface area contributed by atoms with Crippen molar-refractivity contribution in [3.63, 3.8) is 0 Å². The molecule has 1 unspecified atom stereocenters. The summed E-state index contributed by atoms with van der Waals surface area (Å²) in [6, 6.07) is 7.55. The highest BCUT2D eigenvalue weighted by molar-refractivity contribution is 6.22. The number of halogens is 1. The lowest BCUT2D eigenvalue weighted by molar-refractivity contribution is 0.101. The van der Waals surface area contributed by atoms with Crippen LogP contribution in [0.1, 0.15) is 22.8 Å². The maximum absolute atomic E-state index is 11.3. The number of hydrogen-bond acceptors (Lipinski definition) is 2. The SMILES string of the molecule is CC(=O)c1cccc(C2=CC(Cl)NC=C2)c1. The van der Waals surface area contributed by atoms with Crippen molar-refractivity contribution >= 4 is 23.0 Å². The number of benzene rings is 1. The van der Waals surface area contributed by atoms with Crippen LogP contribution in [0.2, 0.25) is 0 Å². The Hall–Kier alpha value is -1.54. The third-order valence-corrected chi connectivity index (χ3v) is 2.70. The summed E-state index contributed by atoms with van der Waals surface area (Å²) in [4.78, 5) is 11.3. The number of dihydropyridines is 1. The first-order valence-corrected chi connectivity index (χ1v) is 5.50. The van der Waals surface area contributed by atoms with Gasteiger partial charge in [-0.2, -0.15) is 0 Å². The van der Waals surface area contributed by atoms with Crippen LogP contribution in [0.3, 0.4) is 0 Å². The zero-order valence-electron chi connectivity index (χ0n) is 8.91. The summed E-state index contributed by atoms with van der Waals surface area (Å²) >= 11 is 5.96. The number of Topliss-reactive ketones (excluding diaryl/α,β-unsaturated/α-hetero) is 1. The Labute approximate surface area is 99.6 Å². The molecule has 1 aromatic rings. The van der Waals surface area contributed by atoms with Gasteiger partial charge in [-0.05, 0) is 42.5 Å². The Balaban J connectivity index is 2.37. The molecular weight excluding hydrogens is 222 g/mol. The quantitative estimate of drug-likeness (QED) is 0.484. The average molecular weight is 234 g/mol. The van der Waals surface area contributed by atoms with E-state index >= 15 is 0 Å². The molecule has 0 saturated heterocycles. The number of ketones is 1. The van der Waals surface area contributed by atoms with Crippen LogP contribution in [0.4, 0.5) is 0 Å². The lowest BCUT2D eigenvalue weighted by Crippen LogP contribution is -2.17. The van der Waals surface area contributed by atoms with Gasteiger partial charge in [0.15, 0.2) is 5.78 Å². The summed E-state index contributed by atoms with van der Waals surface area (Å²) < 4.78 is 0. The fraction of sp³-hybridized carbons (Fsp3) is 0.154. The van der Waals surface area contributed by atoms with Crippen molar-refractivity contribution in [1.29, 1.82) is 0 Å². The number of rotatable bonds is 2. The van der Waals surface area contributed by atoms with Crippen LogP contribution >= 0.6 is 11.6 Å². The lowest BCUT2D eigenvalue weighted by atomic mass is 10.0. The highest BCUT2D eigenvalue weighted by Crippen LogP contribution is 2.21. The second-order valence-electron chi connectivity index (χ2n) is 3.66. The van der Waals surface area contributed by atoms with Gasteiger partial charge >= 0.3 is 0 Å². The summed E-state index contributed by atoms with van der Waals surface area (Å²) in [6.07, 6.45) is 5.67. The van der Waals surface area contributed by atoms with Crippen LogP contribution in [0.5, 0.6) is 0 Å². The van der Waals surface area contributed by atoms with Gasteiger partial charge in [0, 0.05) is 5.56 Å². The molecule has 1 N–H and O–H groups in total. The van der Waals surface area contributed by atoms with E-state index in [-0.39, 0.29) is 11.3 Å². The van der Waals surface area contributed by atoms with Crippen LogP contribution in [0, 0.1) is 0 Å². The van der Waals surface area contributed by atoms with Crippen molar-refractivity contribution < 1.29 is 4.79 Å². The molecular formula is C13H12ClNO. The van der Waals surface area contributed by atoms with E-state index in [9.17, 15) is 4.79 Å². The largest absolute Gasteiger partial charge is 0.372 e. The number of alkyl halides is 1. The summed E-state index contributed by atoms with van der Waals surface area (Å²) in [5.41, 5.74) is 2.57. The summed E-state index contributed by atoms with van der Waals surface area (Å²) in [5, 5.41) is 2.96. The predicted molar refractivity (Wildman–Crippen MR) is 66.3 cm³/mol. The van der Waals surface area contributed by atoms with Gasteiger partial charge in [-0.1, -0.05) is 29.8 Å². The highest BCUT2D eigenvalue weighted by Gasteiger charge is 2.08. The molecule has 0 bridgehead atoms. The van der Waals surface area contributed by atoms with Crippen molar-refractivity contribution in [1.82, 2.24) is 5.32 Å². The molecule has 0 saturated carbocycles. The average Bonchev–Trinajstić information content (AvgIpc) is 2.29. The van der Waals surface area contributed by atoms with Crippen molar-refractivity contribution in [2.45, 2.75) is 12.4 Å². The first kappa shape index (κ1) is 11.0. The lowest BCUT2D eigenvalue weighted by Gasteiger charge is -2.13. The third kappa shape index (κ3) is 2.34. The van der Waals surface area contributed by atoms with Crippen LogP contribution in [-0.2, 0) is 0 Å². The molecule has 0 aromatic heterocycles. The molecule has 2 rings (SSSR count). The molecule has 82 valence electrons. The Kier molecular flexibility index (Phi) is 3.11. The first-order chi connectivity index (χ1) is 7.66. The van der Waals surface area contributed by atoms with Crippen LogP contribution in [0.25, 0.3) is 5.57 Å². The number of carbonyl (C=O) groups excluding carboxylic acids is 1. The number of carbonyl (C=O) groups is 1. The van der Waals surface area contributed by atoms with E-state index in [0.717, 1.165) is 16.7 Å². The molecule has 0 radical (unpaired) electrons. The molecule has 1 aromatic carbocycles. The van der Waals surface area contributed by atoms with E-state index in [4.69, 9.17) is 11.6 Å². The molecule has 0 amide bonds. The van der Waals surface area contributed by atoms with Gasteiger partial charge in [0.2, 0.25) is 0 Å². The molecule has 1 aliphatic rings. The molecule has 0 fully saturated rings. The van der Waals surface area contributed by atoms with Crippen molar-refractivity contribution in [3.05, 3.63) is 53.7 Å². The Morgan fingerprint density at radius 3 is 2.94 bits per heavy atom. The molecule has 0 spiro atoms. The highest BCUT2D eigenvalue weighted by atomic mass is 35.5. The number of nitrogens with one attached hydrogen (secondary N) is 1. The Morgan fingerprint density at radius 2 is 2.25 bits per heavy atom. The minimum atomic E-state index is -0.194. The van der Waals surface area contributed by atoms with E-state index in [0.29, 0.717) is 0 Å². The second-order valence-corrected chi connectivity index (χ2v) is 4.13. The van der Waals surface area contributed by atoms with Crippen molar-refractivity contribution in [2.75, 3.05) is 0 Å². The molecule has 1 heterocycles. The van der Waals surface area contributed by atoms with E-state index < -0.39 is 0 Å². The summed E-state index contributed by atoms with van der Waals surface area (Å²) in [7, 11) is 0. The predicted octanol–water partition coefficient (Wildman–Crippen LogP) is 2.95. The minimum absolute atomic E-state index is 0.0720. The monoisotopic (exact) mass is 233 g/mol. The van der Waals surface area contributed by atoms with Gasteiger partial charge in [-0.15, -0.1) is 0 Å². The van der Waals surface area contributed by atoms with E-state index in [1.165, 1.54) is 0 Å². The third-order valence-electron chi connectivity index (χ3n) is 2.45. The second kappa shape index (κ2) is 4.54.